The Hall–Kier alpha value is -4.79. The number of carbonyl (C=O) groups excluding carboxylic acids is 3. The Balaban J connectivity index is 2.01. The van der Waals surface area contributed by atoms with Crippen LogP contribution in [0.1, 0.15) is 26.3 Å². The molecule has 3 aromatic carbocycles. The SMILES string of the molecule is C=CNC(=O)c1cc(-c2cc3c(C(=O)NC)c(-c4ccc(F)cc4)oc3cc2CC(=O)N(C)C)ccc1F. The van der Waals surface area contributed by atoms with Gasteiger partial charge in [-0.15, -0.1) is 0 Å². The molecule has 0 aliphatic carbocycles. The smallest absolute Gasteiger partial charge is 0.258 e. The average Bonchev–Trinajstić information content (AvgIpc) is 3.26. The van der Waals surface area contributed by atoms with Crippen LogP contribution >= 0.6 is 0 Å². The molecule has 0 atom stereocenters. The molecule has 0 fully saturated rings. The second-order valence-corrected chi connectivity index (χ2v) is 8.73. The first kappa shape index (κ1) is 26.3. The van der Waals surface area contributed by atoms with Crippen LogP contribution in [0.3, 0.4) is 0 Å². The van der Waals surface area contributed by atoms with Gasteiger partial charge in [0.25, 0.3) is 11.8 Å². The van der Waals surface area contributed by atoms with E-state index < -0.39 is 23.4 Å². The van der Waals surface area contributed by atoms with E-state index in [1.165, 1.54) is 48.3 Å². The molecular formula is C29H25F2N3O4. The zero-order valence-electron chi connectivity index (χ0n) is 21.0. The van der Waals surface area contributed by atoms with Gasteiger partial charge in [-0.05, 0) is 71.4 Å². The van der Waals surface area contributed by atoms with Gasteiger partial charge in [-0.2, -0.15) is 0 Å². The molecule has 1 aromatic heterocycles. The standard InChI is InChI=1S/C29H25F2N3O4/c1-5-33-28(36)21-12-17(8-11-23(21)31)20-15-22-24(13-18(20)14-25(35)34(3)4)38-27(26(22)29(37)32-2)16-6-9-19(30)10-7-16/h5-13,15H,1,14H2,2-4H3,(H,32,37)(H,33,36). The fourth-order valence-electron chi connectivity index (χ4n) is 4.11. The first-order chi connectivity index (χ1) is 18.1. The van der Waals surface area contributed by atoms with Gasteiger partial charge >= 0.3 is 0 Å². The number of rotatable bonds is 7. The molecule has 0 saturated carbocycles. The molecule has 0 aliphatic heterocycles. The van der Waals surface area contributed by atoms with E-state index in [0.29, 0.717) is 33.2 Å². The van der Waals surface area contributed by atoms with E-state index >= 15 is 0 Å². The van der Waals surface area contributed by atoms with E-state index in [0.717, 1.165) is 12.3 Å². The molecule has 4 rings (SSSR count). The predicted molar refractivity (Wildman–Crippen MR) is 140 cm³/mol. The van der Waals surface area contributed by atoms with Gasteiger partial charge in [0, 0.05) is 32.1 Å². The molecule has 0 radical (unpaired) electrons. The quantitative estimate of drug-likeness (QED) is 0.365. The Morgan fingerprint density at radius 2 is 1.66 bits per heavy atom. The van der Waals surface area contributed by atoms with Crippen molar-refractivity contribution in [3.8, 4) is 22.5 Å². The highest BCUT2D eigenvalue weighted by Crippen LogP contribution is 2.38. The minimum atomic E-state index is -0.729. The van der Waals surface area contributed by atoms with Crippen molar-refractivity contribution in [3.05, 3.63) is 95.7 Å². The highest BCUT2D eigenvalue weighted by Gasteiger charge is 2.25. The number of furan rings is 1. The summed E-state index contributed by atoms with van der Waals surface area (Å²) in [6.07, 6.45) is 1.13. The van der Waals surface area contributed by atoms with Crippen molar-refractivity contribution in [1.29, 1.82) is 0 Å². The fraction of sp³-hybridized carbons (Fsp3) is 0.138. The number of fused-ring (bicyclic) bond motifs is 1. The zero-order chi connectivity index (χ0) is 27.6. The number of hydrogen-bond donors (Lipinski definition) is 2. The third-order valence-corrected chi connectivity index (χ3v) is 6.07. The summed E-state index contributed by atoms with van der Waals surface area (Å²) in [5.41, 5.74) is 2.33. The summed E-state index contributed by atoms with van der Waals surface area (Å²) in [4.78, 5) is 39.5. The van der Waals surface area contributed by atoms with Crippen LogP contribution in [0.5, 0.6) is 0 Å². The highest BCUT2D eigenvalue weighted by atomic mass is 19.1. The first-order valence-electron chi connectivity index (χ1n) is 11.6. The molecule has 9 heteroatoms. The molecule has 194 valence electrons. The van der Waals surface area contributed by atoms with Crippen LogP contribution in [-0.4, -0.2) is 43.8 Å². The van der Waals surface area contributed by atoms with Crippen LogP contribution in [0.25, 0.3) is 33.4 Å². The number of nitrogens with one attached hydrogen (secondary N) is 2. The van der Waals surface area contributed by atoms with Crippen LogP contribution < -0.4 is 10.6 Å². The second-order valence-electron chi connectivity index (χ2n) is 8.73. The third-order valence-electron chi connectivity index (χ3n) is 6.07. The van der Waals surface area contributed by atoms with E-state index in [1.54, 1.807) is 26.2 Å². The number of hydrogen-bond acceptors (Lipinski definition) is 4. The average molecular weight is 518 g/mol. The van der Waals surface area contributed by atoms with Gasteiger partial charge < -0.3 is 20.0 Å². The van der Waals surface area contributed by atoms with E-state index in [-0.39, 0.29) is 29.2 Å². The van der Waals surface area contributed by atoms with Crippen molar-refractivity contribution in [2.24, 2.45) is 0 Å². The highest BCUT2D eigenvalue weighted by molar-refractivity contribution is 6.12. The lowest BCUT2D eigenvalue weighted by Crippen LogP contribution is -2.23. The molecule has 0 bridgehead atoms. The second kappa shape index (κ2) is 10.7. The third kappa shape index (κ3) is 5.04. The van der Waals surface area contributed by atoms with Crippen LogP contribution in [0.15, 0.2) is 71.8 Å². The lowest BCUT2D eigenvalue weighted by atomic mass is 9.93. The predicted octanol–water partition coefficient (Wildman–Crippen LogP) is 4.91. The summed E-state index contributed by atoms with van der Waals surface area (Å²) < 4.78 is 34.2. The number of nitrogens with zero attached hydrogens (tertiary/aromatic N) is 1. The van der Waals surface area contributed by atoms with E-state index in [1.807, 2.05) is 0 Å². The molecule has 0 spiro atoms. The monoisotopic (exact) mass is 517 g/mol. The van der Waals surface area contributed by atoms with Crippen molar-refractivity contribution in [1.82, 2.24) is 15.5 Å². The molecular weight excluding hydrogens is 492 g/mol. The summed E-state index contributed by atoms with van der Waals surface area (Å²) in [5, 5.41) is 5.39. The number of amides is 3. The normalized spacial score (nSPS) is 10.8. The first-order valence-corrected chi connectivity index (χ1v) is 11.6. The van der Waals surface area contributed by atoms with Crippen molar-refractivity contribution in [2.75, 3.05) is 21.1 Å². The Kier molecular flexibility index (Phi) is 7.38. The maximum absolute atomic E-state index is 14.5. The summed E-state index contributed by atoms with van der Waals surface area (Å²) in [7, 11) is 4.73. The fourth-order valence-corrected chi connectivity index (χ4v) is 4.11. The lowest BCUT2D eigenvalue weighted by molar-refractivity contribution is -0.127. The number of carbonyl (C=O) groups is 3. The molecule has 3 amide bonds. The van der Waals surface area contributed by atoms with E-state index in [4.69, 9.17) is 4.42 Å². The summed E-state index contributed by atoms with van der Waals surface area (Å²) in [6.45, 7) is 3.43. The topological polar surface area (TPSA) is 91.6 Å². The zero-order valence-corrected chi connectivity index (χ0v) is 21.0. The molecule has 2 N–H and O–H groups in total. The Labute approximate surface area is 217 Å². The van der Waals surface area contributed by atoms with Gasteiger partial charge in [-0.25, -0.2) is 8.78 Å². The van der Waals surface area contributed by atoms with Gasteiger partial charge in [0.1, 0.15) is 23.0 Å². The van der Waals surface area contributed by atoms with Crippen LogP contribution in [0, 0.1) is 11.6 Å². The molecule has 1 heterocycles. The van der Waals surface area contributed by atoms with Crippen molar-refractivity contribution < 1.29 is 27.6 Å². The minimum absolute atomic E-state index is 0.0221. The van der Waals surface area contributed by atoms with Crippen molar-refractivity contribution >= 4 is 28.7 Å². The lowest BCUT2D eigenvalue weighted by Gasteiger charge is -2.15. The molecule has 0 saturated heterocycles. The van der Waals surface area contributed by atoms with Gasteiger partial charge in [-0.1, -0.05) is 12.6 Å². The van der Waals surface area contributed by atoms with Gasteiger partial charge in [0.15, 0.2) is 0 Å². The van der Waals surface area contributed by atoms with Crippen LogP contribution in [-0.2, 0) is 11.2 Å². The van der Waals surface area contributed by atoms with Gasteiger partial charge in [0.05, 0.1) is 17.5 Å². The van der Waals surface area contributed by atoms with Gasteiger partial charge in [-0.3, -0.25) is 14.4 Å². The Bertz CT molecular complexity index is 1570. The molecule has 0 unspecified atom stereocenters. The summed E-state index contributed by atoms with van der Waals surface area (Å²) in [5.74, 6) is -2.25. The molecule has 7 nitrogen and oxygen atoms in total. The van der Waals surface area contributed by atoms with E-state index in [2.05, 4.69) is 17.2 Å². The summed E-state index contributed by atoms with van der Waals surface area (Å²) >= 11 is 0. The maximum atomic E-state index is 14.5. The van der Waals surface area contributed by atoms with Crippen molar-refractivity contribution in [2.45, 2.75) is 6.42 Å². The molecule has 4 aromatic rings. The largest absolute Gasteiger partial charge is 0.455 e. The number of halogens is 2. The number of benzene rings is 3. The Morgan fingerprint density at radius 1 is 0.974 bits per heavy atom. The molecule has 0 aliphatic rings. The van der Waals surface area contributed by atoms with Crippen LogP contribution in [0.4, 0.5) is 8.78 Å². The minimum Gasteiger partial charge on any atom is -0.455 e. The molecule has 38 heavy (non-hydrogen) atoms. The van der Waals surface area contributed by atoms with Crippen LogP contribution in [0.2, 0.25) is 0 Å². The maximum Gasteiger partial charge on any atom is 0.258 e. The Morgan fingerprint density at radius 3 is 2.29 bits per heavy atom. The number of likely N-dealkylation sites (N-methyl/N-ethyl adjacent to an activating group) is 1. The summed E-state index contributed by atoms with van der Waals surface area (Å²) in [6, 6.07) is 12.9. The van der Waals surface area contributed by atoms with Gasteiger partial charge in [0.2, 0.25) is 5.91 Å². The van der Waals surface area contributed by atoms with Crippen molar-refractivity contribution in [3.63, 3.8) is 0 Å². The van der Waals surface area contributed by atoms with E-state index in [9.17, 15) is 23.2 Å².